The second-order valence-corrected chi connectivity index (χ2v) is 7.23. The van der Waals surface area contributed by atoms with Crippen molar-refractivity contribution in [2.75, 3.05) is 12.4 Å². The van der Waals surface area contributed by atoms with Crippen LogP contribution in [0.2, 0.25) is 0 Å². The Labute approximate surface area is 135 Å². The molecule has 0 saturated heterocycles. The molecule has 3 nitrogen and oxygen atoms in total. The zero-order valence-corrected chi connectivity index (χ0v) is 14.7. The van der Waals surface area contributed by atoms with E-state index in [9.17, 15) is 4.79 Å². The van der Waals surface area contributed by atoms with Gasteiger partial charge in [0.15, 0.2) is 5.54 Å². The van der Waals surface area contributed by atoms with Crippen molar-refractivity contribution in [1.29, 1.82) is 0 Å². The normalized spacial score (nSPS) is 25.3. The van der Waals surface area contributed by atoms with Crippen LogP contribution in [0.4, 0.5) is 0 Å². The van der Waals surface area contributed by atoms with Gasteiger partial charge in [0.05, 0.1) is 12.4 Å². The number of esters is 1. The zero-order chi connectivity index (χ0) is 15.7. The van der Waals surface area contributed by atoms with E-state index < -0.39 is 6.04 Å². The highest BCUT2D eigenvalue weighted by Gasteiger charge is 2.53. The average molecular weight is 353 g/mol. The highest BCUT2D eigenvalue weighted by atomic mass is 79.9. The molecule has 0 saturated carbocycles. The first kappa shape index (κ1) is 16.2. The topological polar surface area (TPSA) is 29.3 Å². The minimum atomic E-state index is -0.402. The van der Waals surface area contributed by atoms with Crippen LogP contribution < -0.4 is 0 Å². The molecule has 21 heavy (non-hydrogen) atoms. The number of nitrogens with zero attached hydrogens (tertiary/aromatic N) is 1. The molecule has 0 N–H and O–H groups in total. The summed E-state index contributed by atoms with van der Waals surface area (Å²) in [7, 11) is 1.45. The van der Waals surface area contributed by atoms with Gasteiger partial charge in [-0.1, -0.05) is 60.1 Å². The van der Waals surface area contributed by atoms with Crippen molar-refractivity contribution in [3.05, 3.63) is 35.9 Å². The van der Waals surface area contributed by atoms with Gasteiger partial charge in [0.1, 0.15) is 6.21 Å². The van der Waals surface area contributed by atoms with Crippen LogP contribution in [-0.4, -0.2) is 34.7 Å². The predicted octanol–water partition coefficient (Wildman–Crippen LogP) is 3.57. The summed E-state index contributed by atoms with van der Waals surface area (Å²) in [6.45, 7) is 6.59. The van der Waals surface area contributed by atoms with E-state index in [1.54, 1.807) is 0 Å². The zero-order valence-electron chi connectivity index (χ0n) is 13.1. The van der Waals surface area contributed by atoms with E-state index in [2.05, 4.69) is 47.5 Å². The Morgan fingerprint density at radius 1 is 1.33 bits per heavy atom. The van der Waals surface area contributed by atoms with Crippen molar-refractivity contribution in [3.63, 3.8) is 0 Å². The van der Waals surface area contributed by atoms with Crippen LogP contribution in [-0.2, 0) is 9.53 Å². The maximum absolute atomic E-state index is 12.4. The Hall–Kier alpha value is -1.16. The summed E-state index contributed by atoms with van der Waals surface area (Å²) in [5, 5.41) is 0.806. The maximum atomic E-state index is 12.4. The standard InChI is InChI=1S/C17H23BrNO2/c1-16(2)10-17(3,11-18)19(12-16)14(15(20)21-4)13-8-6-5-7-9-13/h5-9,12,14H,10-11H2,1-4H3/q+1/t14-,17?/m1/s1. The molecule has 0 amide bonds. The number of methoxy groups -OCH3 is 1. The number of carbonyl (C=O) groups is 1. The summed E-state index contributed by atoms with van der Waals surface area (Å²) in [4.78, 5) is 12.4. The number of carbonyl (C=O) groups excluding carboxylic acids is 1. The van der Waals surface area contributed by atoms with Crippen LogP contribution in [0.5, 0.6) is 0 Å². The van der Waals surface area contributed by atoms with Crippen molar-refractivity contribution in [1.82, 2.24) is 0 Å². The molecule has 1 aromatic carbocycles. The van der Waals surface area contributed by atoms with E-state index >= 15 is 0 Å². The molecule has 4 heteroatoms. The van der Waals surface area contributed by atoms with E-state index in [0.29, 0.717) is 0 Å². The molecule has 1 heterocycles. The molecule has 0 aromatic heterocycles. The van der Waals surface area contributed by atoms with Crippen LogP contribution >= 0.6 is 15.9 Å². The predicted molar refractivity (Wildman–Crippen MR) is 88.1 cm³/mol. The lowest BCUT2D eigenvalue weighted by molar-refractivity contribution is -0.616. The van der Waals surface area contributed by atoms with Crippen molar-refractivity contribution in [3.8, 4) is 0 Å². The number of halogens is 1. The molecule has 0 radical (unpaired) electrons. The summed E-state index contributed by atoms with van der Waals surface area (Å²) in [5.74, 6) is -0.220. The van der Waals surface area contributed by atoms with E-state index in [0.717, 1.165) is 17.3 Å². The SMILES string of the molecule is COC(=O)[C@@H](c1ccccc1)[N+]1=CC(C)(C)CC1(C)CBr. The number of hydrogen-bond donors (Lipinski definition) is 0. The maximum Gasteiger partial charge on any atom is 0.380 e. The van der Waals surface area contributed by atoms with Crippen LogP contribution in [0.15, 0.2) is 30.3 Å². The van der Waals surface area contributed by atoms with Gasteiger partial charge in [-0.2, -0.15) is 0 Å². The molecule has 0 aliphatic carbocycles. The van der Waals surface area contributed by atoms with Gasteiger partial charge >= 0.3 is 5.97 Å². The minimum Gasteiger partial charge on any atom is -0.464 e. The molecule has 2 rings (SSSR count). The molecule has 1 unspecified atom stereocenters. The second-order valence-electron chi connectivity index (χ2n) is 6.67. The quantitative estimate of drug-likeness (QED) is 0.471. The lowest BCUT2D eigenvalue weighted by Crippen LogP contribution is -2.42. The first-order valence-corrected chi connectivity index (χ1v) is 8.28. The fourth-order valence-corrected chi connectivity index (χ4v) is 3.80. The lowest BCUT2D eigenvalue weighted by Gasteiger charge is -2.25. The fraction of sp³-hybridized carbons (Fsp3) is 0.529. The number of alkyl halides is 1. The Morgan fingerprint density at radius 3 is 2.48 bits per heavy atom. The van der Waals surface area contributed by atoms with Gasteiger partial charge in [0.25, 0.3) is 6.04 Å². The molecule has 0 spiro atoms. The Balaban J connectivity index is 2.53. The summed E-state index contributed by atoms with van der Waals surface area (Å²) in [6.07, 6.45) is 3.18. The Morgan fingerprint density at radius 2 is 1.95 bits per heavy atom. The van der Waals surface area contributed by atoms with Crippen LogP contribution in [0.1, 0.15) is 38.8 Å². The largest absolute Gasteiger partial charge is 0.464 e. The van der Waals surface area contributed by atoms with Crippen molar-refractivity contribution >= 4 is 28.1 Å². The van der Waals surface area contributed by atoms with Crippen molar-refractivity contribution in [2.45, 2.75) is 38.8 Å². The smallest absolute Gasteiger partial charge is 0.380 e. The number of ether oxygens (including phenoxy) is 1. The Bertz CT molecular complexity index is 553. The molecule has 0 bridgehead atoms. The van der Waals surface area contributed by atoms with Gasteiger partial charge in [-0.05, 0) is 0 Å². The summed E-state index contributed by atoms with van der Waals surface area (Å²) in [5.41, 5.74) is 0.910. The van der Waals surface area contributed by atoms with Gasteiger partial charge < -0.3 is 4.74 Å². The molecule has 0 fully saturated rings. The lowest BCUT2D eigenvalue weighted by atomic mass is 9.85. The van der Waals surface area contributed by atoms with Gasteiger partial charge in [0, 0.05) is 24.3 Å². The summed E-state index contributed by atoms with van der Waals surface area (Å²) < 4.78 is 7.24. The van der Waals surface area contributed by atoms with E-state index in [1.807, 2.05) is 30.3 Å². The molecule has 1 aromatic rings. The minimum absolute atomic E-state index is 0.0591. The van der Waals surface area contributed by atoms with Crippen molar-refractivity contribution < 1.29 is 14.1 Å². The monoisotopic (exact) mass is 352 g/mol. The van der Waals surface area contributed by atoms with Crippen molar-refractivity contribution in [2.24, 2.45) is 5.41 Å². The first-order chi connectivity index (χ1) is 9.83. The summed E-state index contributed by atoms with van der Waals surface area (Å²) >= 11 is 3.62. The second kappa shape index (κ2) is 5.91. The number of rotatable bonds is 4. The molecular weight excluding hydrogens is 330 g/mol. The highest BCUT2D eigenvalue weighted by molar-refractivity contribution is 9.09. The average Bonchev–Trinajstić information content (AvgIpc) is 2.70. The fourth-order valence-electron chi connectivity index (χ4n) is 3.31. The molecular formula is C17H23BrNO2+. The van der Waals surface area contributed by atoms with Gasteiger partial charge in [-0.3, -0.25) is 0 Å². The van der Waals surface area contributed by atoms with E-state index in [4.69, 9.17) is 4.74 Å². The van der Waals surface area contributed by atoms with Gasteiger partial charge in [-0.15, -0.1) is 0 Å². The van der Waals surface area contributed by atoms with Crippen LogP contribution in [0, 0.1) is 5.41 Å². The third kappa shape index (κ3) is 3.20. The number of benzene rings is 1. The molecule has 2 atom stereocenters. The molecule has 1 aliphatic heterocycles. The molecule has 114 valence electrons. The van der Waals surface area contributed by atoms with Crippen LogP contribution in [0.3, 0.4) is 0 Å². The first-order valence-electron chi connectivity index (χ1n) is 7.16. The molecule has 1 aliphatic rings. The summed E-state index contributed by atoms with van der Waals surface area (Å²) in [6, 6.07) is 9.43. The highest BCUT2D eigenvalue weighted by Crippen LogP contribution is 2.40. The Kier molecular flexibility index (Phi) is 4.57. The third-order valence-electron chi connectivity index (χ3n) is 4.05. The van der Waals surface area contributed by atoms with Crippen LogP contribution in [0.25, 0.3) is 0 Å². The van der Waals surface area contributed by atoms with E-state index in [1.165, 1.54) is 7.11 Å². The third-order valence-corrected chi connectivity index (χ3v) is 5.26. The van der Waals surface area contributed by atoms with E-state index in [-0.39, 0.29) is 16.9 Å². The number of hydrogen-bond acceptors (Lipinski definition) is 2. The van der Waals surface area contributed by atoms with Gasteiger partial charge in [-0.25, -0.2) is 9.37 Å². The van der Waals surface area contributed by atoms with Gasteiger partial charge in [0.2, 0.25) is 0 Å².